The molecule has 5 heteroatoms. The summed E-state index contributed by atoms with van der Waals surface area (Å²) in [6.07, 6.45) is 1.50. The highest BCUT2D eigenvalue weighted by molar-refractivity contribution is 5.76. The highest BCUT2D eigenvalue weighted by Crippen LogP contribution is 2.24. The van der Waals surface area contributed by atoms with Gasteiger partial charge in [-0.2, -0.15) is 0 Å². The number of aryl methyl sites for hydroxylation is 2. The van der Waals surface area contributed by atoms with Crippen LogP contribution in [0.15, 0.2) is 42.5 Å². The van der Waals surface area contributed by atoms with Crippen LogP contribution >= 0.6 is 0 Å². The fourth-order valence-corrected chi connectivity index (χ4v) is 2.81. The maximum atomic E-state index is 13.6. The van der Waals surface area contributed by atoms with Crippen LogP contribution in [0.1, 0.15) is 24.4 Å². The SMILES string of the molecule is CC(CN)n1c(CCc2ccccc2)nc2cc(F)c(F)cc21. The summed E-state index contributed by atoms with van der Waals surface area (Å²) in [6.45, 7) is 2.36. The van der Waals surface area contributed by atoms with E-state index in [0.717, 1.165) is 18.3 Å². The fourth-order valence-electron chi connectivity index (χ4n) is 2.81. The van der Waals surface area contributed by atoms with E-state index < -0.39 is 11.6 Å². The van der Waals surface area contributed by atoms with Gasteiger partial charge in [0.1, 0.15) is 5.82 Å². The van der Waals surface area contributed by atoms with E-state index >= 15 is 0 Å². The molecule has 0 saturated heterocycles. The Bertz CT molecular complexity index is 812. The third-order valence-corrected chi connectivity index (χ3v) is 4.07. The third-order valence-electron chi connectivity index (χ3n) is 4.07. The first-order chi connectivity index (χ1) is 11.1. The summed E-state index contributed by atoms with van der Waals surface area (Å²) in [7, 11) is 0. The van der Waals surface area contributed by atoms with Crippen molar-refractivity contribution < 1.29 is 8.78 Å². The lowest BCUT2D eigenvalue weighted by atomic mass is 10.1. The van der Waals surface area contributed by atoms with Gasteiger partial charge in [-0.1, -0.05) is 30.3 Å². The minimum Gasteiger partial charge on any atom is -0.328 e. The fraction of sp³-hybridized carbons (Fsp3) is 0.278. The summed E-state index contributed by atoms with van der Waals surface area (Å²) in [6, 6.07) is 12.4. The maximum absolute atomic E-state index is 13.6. The van der Waals surface area contributed by atoms with Gasteiger partial charge in [0.15, 0.2) is 11.6 Å². The molecule has 0 amide bonds. The predicted molar refractivity (Wildman–Crippen MR) is 87.3 cm³/mol. The number of benzene rings is 2. The highest BCUT2D eigenvalue weighted by Gasteiger charge is 2.17. The van der Waals surface area contributed by atoms with Crippen molar-refractivity contribution in [3.8, 4) is 0 Å². The van der Waals surface area contributed by atoms with Gasteiger partial charge < -0.3 is 10.3 Å². The summed E-state index contributed by atoms with van der Waals surface area (Å²) in [5.74, 6) is -0.943. The summed E-state index contributed by atoms with van der Waals surface area (Å²) in [5, 5.41) is 0. The van der Waals surface area contributed by atoms with Crippen LogP contribution in [0.4, 0.5) is 8.78 Å². The second-order valence-corrected chi connectivity index (χ2v) is 5.72. The van der Waals surface area contributed by atoms with Crippen LogP contribution in [0.25, 0.3) is 11.0 Å². The number of nitrogens with zero attached hydrogens (tertiary/aromatic N) is 2. The lowest BCUT2D eigenvalue weighted by molar-refractivity contribution is 0.508. The summed E-state index contributed by atoms with van der Waals surface area (Å²) in [5.41, 5.74) is 8.03. The van der Waals surface area contributed by atoms with E-state index in [1.165, 1.54) is 11.6 Å². The Morgan fingerprint density at radius 3 is 2.48 bits per heavy atom. The first-order valence-electron chi connectivity index (χ1n) is 7.70. The van der Waals surface area contributed by atoms with Gasteiger partial charge in [-0.3, -0.25) is 0 Å². The molecule has 0 bridgehead atoms. The van der Waals surface area contributed by atoms with Gasteiger partial charge in [-0.25, -0.2) is 13.8 Å². The van der Waals surface area contributed by atoms with Crippen molar-refractivity contribution in [2.75, 3.05) is 6.54 Å². The van der Waals surface area contributed by atoms with E-state index in [2.05, 4.69) is 17.1 Å². The van der Waals surface area contributed by atoms with E-state index in [-0.39, 0.29) is 6.04 Å². The first kappa shape index (κ1) is 15.6. The van der Waals surface area contributed by atoms with Crippen LogP contribution in [0.5, 0.6) is 0 Å². The molecular weight excluding hydrogens is 296 g/mol. The Hall–Kier alpha value is -2.27. The summed E-state index contributed by atoms with van der Waals surface area (Å²) in [4.78, 5) is 4.50. The average Bonchev–Trinajstić information content (AvgIpc) is 2.91. The number of aromatic nitrogens is 2. The van der Waals surface area contributed by atoms with Crippen molar-refractivity contribution in [1.82, 2.24) is 9.55 Å². The lowest BCUT2D eigenvalue weighted by Gasteiger charge is -2.16. The first-order valence-corrected chi connectivity index (χ1v) is 7.70. The van der Waals surface area contributed by atoms with E-state index in [1.807, 2.05) is 29.7 Å². The van der Waals surface area contributed by atoms with Crippen LogP contribution < -0.4 is 5.73 Å². The van der Waals surface area contributed by atoms with Crippen LogP contribution in [-0.4, -0.2) is 16.1 Å². The molecule has 120 valence electrons. The van der Waals surface area contributed by atoms with Crippen LogP contribution in [0, 0.1) is 11.6 Å². The Kier molecular flexibility index (Phi) is 4.39. The number of rotatable bonds is 5. The molecule has 1 aromatic heterocycles. The Morgan fingerprint density at radius 1 is 1.09 bits per heavy atom. The largest absolute Gasteiger partial charge is 0.328 e. The molecular formula is C18H19F2N3. The van der Waals surface area contributed by atoms with Crippen molar-refractivity contribution in [3.05, 3.63) is 65.5 Å². The number of imidazole rings is 1. The van der Waals surface area contributed by atoms with E-state index in [0.29, 0.717) is 24.0 Å². The van der Waals surface area contributed by atoms with Crippen LogP contribution in [0.2, 0.25) is 0 Å². The van der Waals surface area contributed by atoms with Crippen molar-refractivity contribution >= 4 is 11.0 Å². The number of nitrogens with two attached hydrogens (primary N) is 1. The maximum Gasteiger partial charge on any atom is 0.161 e. The Balaban J connectivity index is 2.01. The molecule has 0 spiro atoms. The number of hydrogen-bond acceptors (Lipinski definition) is 2. The van der Waals surface area contributed by atoms with Crippen LogP contribution in [0.3, 0.4) is 0 Å². The monoisotopic (exact) mass is 315 g/mol. The van der Waals surface area contributed by atoms with E-state index in [9.17, 15) is 8.78 Å². The van der Waals surface area contributed by atoms with Gasteiger partial charge in [0.05, 0.1) is 11.0 Å². The zero-order valence-electron chi connectivity index (χ0n) is 13.0. The second kappa shape index (κ2) is 6.46. The van der Waals surface area contributed by atoms with Crippen molar-refractivity contribution in [3.63, 3.8) is 0 Å². The normalized spacial score (nSPS) is 12.7. The molecule has 0 aliphatic carbocycles. The molecule has 3 rings (SSSR count). The van der Waals surface area contributed by atoms with Crippen molar-refractivity contribution in [2.45, 2.75) is 25.8 Å². The molecule has 0 fully saturated rings. The molecule has 1 unspecified atom stereocenters. The summed E-state index contributed by atoms with van der Waals surface area (Å²) >= 11 is 0. The molecule has 0 aliphatic rings. The highest BCUT2D eigenvalue weighted by atomic mass is 19.2. The molecule has 1 atom stereocenters. The summed E-state index contributed by atoms with van der Waals surface area (Å²) < 4.78 is 29.0. The molecule has 3 aromatic rings. The molecule has 0 aliphatic heterocycles. The zero-order chi connectivity index (χ0) is 16.4. The number of halogens is 2. The van der Waals surface area contributed by atoms with Gasteiger partial charge in [-0.15, -0.1) is 0 Å². The van der Waals surface area contributed by atoms with Crippen molar-refractivity contribution in [2.24, 2.45) is 5.73 Å². The van der Waals surface area contributed by atoms with E-state index in [1.54, 1.807) is 0 Å². The predicted octanol–water partition coefficient (Wildman–Crippen LogP) is 3.62. The molecule has 1 heterocycles. The van der Waals surface area contributed by atoms with Gasteiger partial charge >= 0.3 is 0 Å². The van der Waals surface area contributed by atoms with Crippen molar-refractivity contribution in [1.29, 1.82) is 0 Å². The number of hydrogen-bond donors (Lipinski definition) is 1. The molecule has 23 heavy (non-hydrogen) atoms. The Labute approximate surface area is 133 Å². The minimum absolute atomic E-state index is 0.0318. The topological polar surface area (TPSA) is 43.8 Å². The molecule has 2 aromatic carbocycles. The van der Waals surface area contributed by atoms with Crippen LogP contribution in [-0.2, 0) is 12.8 Å². The van der Waals surface area contributed by atoms with Gasteiger partial charge in [0, 0.05) is 31.1 Å². The standard InChI is InChI=1S/C18H19F2N3/c1-12(11-21)23-17-10-15(20)14(19)9-16(17)22-18(23)8-7-13-5-3-2-4-6-13/h2-6,9-10,12H,7-8,11,21H2,1H3. The zero-order valence-corrected chi connectivity index (χ0v) is 13.0. The average molecular weight is 315 g/mol. The molecule has 3 nitrogen and oxygen atoms in total. The minimum atomic E-state index is -0.878. The molecule has 2 N–H and O–H groups in total. The molecule has 0 saturated carbocycles. The third kappa shape index (κ3) is 3.10. The smallest absolute Gasteiger partial charge is 0.161 e. The van der Waals surface area contributed by atoms with E-state index in [4.69, 9.17) is 5.73 Å². The van der Waals surface area contributed by atoms with Gasteiger partial charge in [0.2, 0.25) is 0 Å². The van der Waals surface area contributed by atoms with Gasteiger partial charge in [0.25, 0.3) is 0 Å². The van der Waals surface area contributed by atoms with Gasteiger partial charge in [-0.05, 0) is 18.9 Å². The quantitative estimate of drug-likeness (QED) is 0.781. The Morgan fingerprint density at radius 2 is 1.78 bits per heavy atom. The number of fused-ring (bicyclic) bond motifs is 1. The lowest BCUT2D eigenvalue weighted by Crippen LogP contribution is -2.18. The second-order valence-electron chi connectivity index (χ2n) is 5.72. The molecule has 0 radical (unpaired) electrons.